The van der Waals surface area contributed by atoms with Gasteiger partial charge in [-0.15, -0.1) is 0 Å². The van der Waals surface area contributed by atoms with E-state index >= 15 is 0 Å². The summed E-state index contributed by atoms with van der Waals surface area (Å²) in [5, 5.41) is 17.9. The van der Waals surface area contributed by atoms with Gasteiger partial charge in [0.15, 0.2) is 0 Å². The van der Waals surface area contributed by atoms with Gasteiger partial charge in [-0.3, -0.25) is 4.72 Å². The Labute approximate surface area is 126 Å². The Morgan fingerprint density at radius 2 is 1.90 bits per heavy atom. The minimum atomic E-state index is -3.92. The molecule has 0 aliphatic heterocycles. The third-order valence-corrected chi connectivity index (χ3v) is 4.09. The summed E-state index contributed by atoms with van der Waals surface area (Å²) < 4.78 is 26.7. The maximum absolute atomic E-state index is 12.2. The normalized spacial score (nSPS) is 10.4. The number of halogens is 1. The molecule has 1 aromatic carbocycles. The van der Waals surface area contributed by atoms with E-state index in [9.17, 15) is 8.42 Å². The van der Waals surface area contributed by atoms with Crippen molar-refractivity contribution in [1.82, 2.24) is 4.98 Å². The van der Waals surface area contributed by atoms with E-state index in [-0.39, 0.29) is 21.8 Å². The fourth-order valence-corrected chi connectivity index (χ4v) is 2.69. The number of hydrogen-bond donors (Lipinski definition) is 1. The molecule has 0 unspecified atom stereocenters. The lowest BCUT2D eigenvalue weighted by atomic mass is 10.2. The van der Waals surface area contributed by atoms with Crippen LogP contribution in [0, 0.1) is 22.7 Å². The average Bonchev–Trinajstić information content (AvgIpc) is 2.47. The summed E-state index contributed by atoms with van der Waals surface area (Å²) in [5.41, 5.74) is 0.327. The van der Waals surface area contributed by atoms with E-state index < -0.39 is 10.0 Å². The number of nitrogens with zero attached hydrogens (tertiary/aromatic N) is 3. The maximum atomic E-state index is 12.2. The molecule has 1 aromatic heterocycles. The highest BCUT2D eigenvalue weighted by molar-refractivity contribution is 7.92. The van der Waals surface area contributed by atoms with Crippen molar-refractivity contribution >= 4 is 27.3 Å². The molecule has 6 nitrogen and oxygen atoms in total. The van der Waals surface area contributed by atoms with Crippen molar-refractivity contribution in [3.8, 4) is 12.1 Å². The van der Waals surface area contributed by atoms with Gasteiger partial charge in [-0.25, -0.2) is 13.4 Å². The van der Waals surface area contributed by atoms with Gasteiger partial charge in [0.25, 0.3) is 10.0 Å². The number of hydrogen-bond acceptors (Lipinski definition) is 5. The molecule has 0 amide bonds. The van der Waals surface area contributed by atoms with Gasteiger partial charge in [0, 0.05) is 11.2 Å². The molecule has 0 radical (unpaired) electrons. The van der Waals surface area contributed by atoms with E-state index in [1.807, 2.05) is 6.07 Å². The molecule has 21 heavy (non-hydrogen) atoms. The van der Waals surface area contributed by atoms with Crippen LogP contribution in [-0.4, -0.2) is 13.4 Å². The highest BCUT2D eigenvalue weighted by atomic mass is 35.5. The predicted octanol–water partition coefficient (Wildman–Crippen LogP) is 2.28. The van der Waals surface area contributed by atoms with Crippen molar-refractivity contribution in [3.63, 3.8) is 0 Å². The minimum Gasteiger partial charge on any atom is -0.278 e. The molecule has 8 heteroatoms. The van der Waals surface area contributed by atoms with Crippen LogP contribution < -0.4 is 4.72 Å². The molecule has 0 spiro atoms. The molecule has 0 saturated heterocycles. The minimum absolute atomic E-state index is 0.0781. The van der Waals surface area contributed by atoms with Crippen LogP contribution in [-0.2, 0) is 10.0 Å². The van der Waals surface area contributed by atoms with Gasteiger partial charge in [-0.05, 0) is 30.3 Å². The van der Waals surface area contributed by atoms with E-state index in [4.69, 9.17) is 22.1 Å². The fourth-order valence-electron chi connectivity index (χ4n) is 1.51. The summed E-state index contributed by atoms with van der Waals surface area (Å²) in [7, 11) is -3.92. The number of nitriles is 2. The van der Waals surface area contributed by atoms with Crippen molar-refractivity contribution in [3.05, 3.63) is 52.8 Å². The Morgan fingerprint density at radius 3 is 2.48 bits per heavy atom. The summed E-state index contributed by atoms with van der Waals surface area (Å²) >= 11 is 5.80. The Balaban J connectivity index is 2.40. The molecule has 0 aliphatic carbocycles. The fraction of sp³-hybridized carbons (Fsp3) is 0. The number of sulfonamides is 1. The van der Waals surface area contributed by atoms with E-state index in [2.05, 4.69) is 9.71 Å². The molecule has 104 valence electrons. The van der Waals surface area contributed by atoms with Gasteiger partial charge in [-0.2, -0.15) is 10.5 Å². The van der Waals surface area contributed by atoms with Gasteiger partial charge >= 0.3 is 0 Å². The first kappa shape index (κ1) is 14.8. The van der Waals surface area contributed by atoms with Gasteiger partial charge in [0.1, 0.15) is 22.7 Å². The quantitative estimate of drug-likeness (QED) is 0.934. The summed E-state index contributed by atoms with van der Waals surface area (Å²) in [6.07, 6.45) is 1.07. The Morgan fingerprint density at radius 1 is 1.14 bits per heavy atom. The van der Waals surface area contributed by atoms with Crippen LogP contribution in [0.2, 0.25) is 5.02 Å². The van der Waals surface area contributed by atoms with Crippen LogP contribution in [0.15, 0.2) is 41.4 Å². The molecule has 1 heterocycles. The number of anilines is 1. The first-order valence-corrected chi connectivity index (χ1v) is 7.41. The van der Waals surface area contributed by atoms with Crippen LogP contribution >= 0.6 is 11.6 Å². The summed E-state index contributed by atoms with van der Waals surface area (Å²) in [4.78, 5) is 3.57. The first-order chi connectivity index (χ1) is 9.96. The van der Waals surface area contributed by atoms with Gasteiger partial charge < -0.3 is 0 Å². The van der Waals surface area contributed by atoms with Crippen LogP contribution in [0.5, 0.6) is 0 Å². The SMILES string of the molecule is N#Cc1ccc(S(=O)(=O)Nc2cc(Cl)ccc2C#N)cn1. The Bertz CT molecular complexity index is 865. The standard InChI is InChI=1S/C13H7ClN4O2S/c14-10-2-1-9(6-15)13(5-10)18-21(19,20)12-4-3-11(7-16)17-8-12/h1-5,8,18H. The van der Waals surface area contributed by atoms with Gasteiger partial charge in [0.2, 0.25) is 0 Å². The Kier molecular flexibility index (Phi) is 4.08. The molecule has 2 aromatic rings. The molecule has 0 atom stereocenters. The monoisotopic (exact) mass is 318 g/mol. The second-order valence-electron chi connectivity index (χ2n) is 3.90. The lowest BCUT2D eigenvalue weighted by Gasteiger charge is -2.09. The highest BCUT2D eigenvalue weighted by Gasteiger charge is 2.17. The second kappa shape index (κ2) is 5.80. The van der Waals surface area contributed by atoms with Crippen molar-refractivity contribution in [2.45, 2.75) is 4.90 Å². The molecule has 0 saturated carbocycles. The molecule has 1 N–H and O–H groups in total. The number of pyridine rings is 1. The van der Waals surface area contributed by atoms with Crippen LogP contribution in [0.1, 0.15) is 11.3 Å². The number of rotatable bonds is 3. The average molecular weight is 319 g/mol. The number of benzene rings is 1. The summed E-state index contributed by atoms with van der Waals surface area (Å²) in [6.45, 7) is 0. The molecular formula is C13H7ClN4O2S. The van der Waals surface area contributed by atoms with E-state index in [0.29, 0.717) is 5.02 Å². The topological polar surface area (TPSA) is 107 Å². The third kappa shape index (κ3) is 3.29. The molecule has 0 bridgehead atoms. The van der Waals surface area contributed by atoms with Crippen molar-refractivity contribution in [2.24, 2.45) is 0 Å². The van der Waals surface area contributed by atoms with Crippen molar-refractivity contribution in [2.75, 3.05) is 4.72 Å². The summed E-state index contributed by atoms with van der Waals surface area (Å²) in [6, 6.07) is 10.5. The second-order valence-corrected chi connectivity index (χ2v) is 6.02. The van der Waals surface area contributed by atoms with E-state index in [1.165, 1.54) is 30.3 Å². The first-order valence-electron chi connectivity index (χ1n) is 5.55. The van der Waals surface area contributed by atoms with Crippen molar-refractivity contribution in [1.29, 1.82) is 10.5 Å². The van der Waals surface area contributed by atoms with E-state index in [0.717, 1.165) is 6.20 Å². The number of nitrogens with one attached hydrogen (secondary N) is 1. The zero-order valence-electron chi connectivity index (χ0n) is 10.4. The van der Waals surface area contributed by atoms with E-state index in [1.54, 1.807) is 6.07 Å². The smallest absolute Gasteiger partial charge is 0.263 e. The van der Waals surface area contributed by atoms with Crippen molar-refractivity contribution < 1.29 is 8.42 Å². The van der Waals surface area contributed by atoms with Crippen LogP contribution in [0.4, 0.5) is 5.69 Å². The molecular weight excluding hydrogens is 312 g/mol. The number of aromatic nitrogens is 1. The zero-order chi connectivity index (χ0) is 15.5. The van der Waals surface area contributed by atoms with Crippen LogP contribution in [0.25, 0.3) is 0 Å². The molecule has 0 fully saturated rings. The maximum Gasteiger partial charge on any atom is 0.263 e. The molecule has 2 rings (SSSR count). The molecule has 0 aliphatic rings. The van der Waals surface area contributed by atoms with Crippen LogP contribution in [0.3, 0.4) is 0 Å². The summed E-state index contributed by atoms with van der Waals surface area (Å²) in [5.74, 6) is 0. The zero-order valence-corrected chi connectivity index (χ0v) is 12.0. The largest absolute Gasteiger partial charge is 0.278 e. The Hall–Kier alpha value is -2.61. The third-order valence-electron chi connectivity index (χ3n) is 2.51. The highest BCUT2D eigenvalue weighted by Crippen LogP contribution is 2.23. The van der Waals surface area contributed by atoms with Gasteiger partial charge in [0.05, 0.1) is 11.3 Å². The lowest BCUT2D eigenvalue weighted by Crippen LogP contribution is -2.14. The lowest BCUT2D eigenvalue weighted by molar-refractivity contribution is 0.601. The van der Waals surface area contributed by atoms with Gasteiger partial charge in [-0.1, -0.05) is 11.6 Å². The predicted molar refractivity (Wildman–Crippen MR) is 75.9 cm³/mol.